The van der Waals surface area contributed by atoms with Crippen LogP contribution >= 0.6 is 0 Å². The van der Waals surface area contributed by atoms with Crippen LogP contribution in [0.15, 0.2) is 41.3 Å². The van der Waals surface area contributed by atoms with E-state index < -0.39 is 10.1 Å². The molecule has 0 spiro atoms. The summed E-state index contributed by atoms with van der Waals surface area (Å²) >= 11 is 0. The van der Waals surface area contributed by atoms with Crippen molar-refractivity contribution in [3.8, 4) is 0 Å². The van der Waals surface area contributed by atoms with E-state index in [1.54, 1.807) is 12.1 Å². The summed E-state index contributed by atoms with van der Waals surface area (Å²) < 4.78 is 32.4. The van der Waals surface area contributed by atoms with E-state index in [4.69, 9.17) is 0 Å². The van der Waals surface area contributed by atoms with E-state index in [1.165, 1.54) is 12.1 Å². The van der Waals surface area contributed by atoms with Crippen molar-refractivity contribution in [3.63, 3.8) is 0 Å². The Morgan fingerprint density at radius 1 is 1.12 bits per heavy atom. The molecule has 0 saturated heterocycles. The normalized spacial score (nSPS) is 11.1. The zero-order valence-electron chi connectivity index (χ0n) is 9.10. The molecule has 0 amide bonds. The molecule has 0 aromatic heterocycles. The Labute approximate surface area is 117 Å². The van der Waals surface area contributed by atoms with Crippen LogP contribution < -0.4 is 29.6 Å². The van der Waals surface area contributed by atoms with Crippen molar-refractivity contribution in [1.29, 1.82) is 0 Å². The summed E-state index contributed by atoms with van der Waals surface area (Å²) in [5.74, 6) is 0. The largest absolute Gasteiger partial charge is 1.00 e. The summed E-state index contributed by atoms with van der Waals surface area (Å²) in [5, 5.41) is 1.73. The van der Waals surface area contributed by atoms with Gasteiger partial charge < -0.3 is 4.55 Å². The van der Waals surface area contributed by atoms with Crippen LogP contribution in [0.1, 0.15) is 5.56 Å². The average Bonchev–Trinajstić information content (AvgIpc) is 2.16. The molecule has 0 saturated carbocycles. The van der Waals surface area contributed by atoms with Gasteiger partial charge in [0.2, 0.25) is 0 Å². The van der Waals surface area contributed by atoms with Gasteiger partial charge in [0.05, 0.1) is 4.90 Å². The Hall–Kier alpha value is -0.390. The van der Waals surface area contributed by atoms with E-state index >= 15 is 0 Å². The molecule has 0 radical (unpaired) electrons. The smallest absolute Gasteiger partial charge is 0.744 e. The molecule has 78 valence electrons. The van der Waals surface area contributed by atoms with E-state index in [1.807, 2.05) is 19.1 Å². The predicted molar refractivity (Wildman–Crippen MR) is 56.6 cm³/mol. The molecule has 2 aromatic rings. The number of aryl methyl sites for hydroxylation is 1. The number of rotatable bonds is 1. The predicted octanol–water partition coefficient (Wildman–Crippen LogP) is -0.944. The van der Waals surface area contributed by atoms with Gasteiger partial charge in [-0.3, -0.25) is 0 Å². The van der Waals surface area contributed by atoms with Gasteiger partial charge in [0, 0.05) is 0 Å². The monoisotopic (exact) mass is 244 g/mol. The first-order valence-electron chi connectivity index (χ1n) is 4.44. The van der Waals surface area contributed by atoms with Gasteiger partial charge in [0.15, 0.2) is 0 Å². The molecule has 5 heteroatoms. The zero-order valence-corrected chi connectivity index (χ0v) is 11.9. The number of fused-ring (bicyclic) bond motifs is 1. The summed E-state index contributed by atoms with van der Waals surface area (Å²) in [6, 6.07) is 9.97. The van der Waals surface area contributed by atoms with Gasteiger partial charge in [0.1, 0.15) is 10.1 Å². The van der Waals surface area contributed by atoms with E-state index in [9.17, 15) is 13.0 Å². The van der Waals surface area contributed by atoms with E-state index in [-0.39, 0.29) is 34.5 Å². The fourth-order valence-electron chi connectivity index (χ4n) is 1.58. The van der Waals surface area contributed by atoms with Crippen LogP contribution in [0.5, 0.6) is 0 Å². The molecule has 2 rings (SSSR count). The molecule has 3 nitrogen and oxygen atoms in total. The van der Waals surface area contributed by atoms with E-state index in [0.29, 0.717) is 0 Å². The van der Waals surface area contributed by atoms with Crippen LogP contribution in [0.25, 0.3) is 10.8 Å². The van der Waals surface area contributed by atoms with Crippen LogP contribution in [0, 0.1) is 6.92 Å². The molecular weight excluding hydrogens is 235 g/mol. The summed E-state index contributed by atoms with van der Waals surface area (Å²) in [7, 11) is -4.36. The molecule has 0 N–H and O–H groups in total. The first-order chi connectivity index (χ1) is 6.98. The summed E-state index contributed by atoms with van der Waals surface area (Å²) in [4.78, 5) is -0.180. The number of hydrogen-bond donors (Lipinski definition) is 0. The van der Waals surface area contributed by atoms with Crippen molar-refractivity contribution in [2.24, 2.45) is 0 Å². The van der Waals surface area contributed by atoms with Crippen LogP contribution in [-0.2, 0) is 10.1 Å². The molecule has 2 aromatic carbocycles. The fourth-order valence-corrected chi connectivity index (χ4v) is 2.09. The Balaban J connectivity index is 0.00000128. The Morgan fingerprint density at radius 2 is 1.81 bits per heavy atom. The molecule has 0 atom stereocenters. The van der Waals surface area contributed by atoms with Crippen molar-refractivity contribution < 1.29 is 42.5 Å². The third-order valence-electron chi connectivity index (χ3n) is 2.36. The molecule has 0 fully saturated rings. The van der Waals surface area contributed by atoms with Gasteiger partial charge in [-0.15, -0.1) is 0 Å². The Morgan fingerprint density at radius 3 is 2.44 bits per heavy atom. The molecule has 0 heterocycles. The van der Waals surface area contributed by atoms with Gasteiger partial charge in [-0.05, 0) is 35.4 Å². The van der Waals surface area contributed by atoms with Gasteiger partial charge in [-0.25, -0.2) is 8.42 Å². The number of benzene rings is 2. The van der Waals surface area contributed by atoms with Crippen LogP contribution in [0.2, 0.25) is 0 Å². The summed E-state index contributed by atoms with van der Waals surface area (Å²) in [5.41, 5.74) is 1.06. The maximum Gasteiger partial charge on any atom is 1.00 e. The molecule has 0 bridgehead atoms. The minimum absolute atomic E-state index is 0. The molecular formula is C11H9NaO3S. The average molecular weight is 244 g/mol. The SMILES string of the molecule is Cc1cccc2cc(S(=O)(=O)[O-])ccc12.[Na+]. The van der Waals surface area contributed by atoms with Gasteiger partial charge in [-0.1, -0.05) is 24.3 Å². The van der Waals surface area contributed by atoms with Crippen molar-refractivity contribution in [1.82, 2.24) is 0 Å². The second-order valence-electron chi connectivity index (χ2n) is 3.41. The molecule has 0 aliphatic heterocycles. The van der Waals surface area contributed by atoms with Crippen molar-refractivity contribution >= 4 is 20.9 Å². The summed E-state index contributed by atoms with van der Waals surface area (Å²) in [6.45, 7) is 1.94. The first-order valence-corrected chi connectivity index (χ1v) is 5.84. The minimum Gasteiger partial charge on any atom is -0.744 e. The molecule has 0 aliphatic carbocycles. The molecule has 0 aliphatic rings. The maximum absolute atomic E-state index is 10.8. The molecule has 16 heavy (non-hydrogen) atoms. The Bertz CT molecular complexity index is 620. The maximum atomic E-state index is 10.8. The third-order valence-corrected chi connectivity index (χ3v) is 3.19. The van der Waals surface area contributed by atoms with Gasteiger partial charge in [0.25, 0.3) is 0 Å². The van der Waals surface area contributed by atoms with Gasteiger partial charge >= 0.3 is 29.6 Å². The minimum atomic E-state index is -4.36. The van der Waals surface area contributed by atoms with Crippen molar-refractivity contribution in [3.05, 3.63) is 42.0 Å². The van der Waals surface area contributed by atoms with Crippen molar-refractivity contribution in [2.45, 2.75) is 11.8 Å². The second kappa shape index (κ2) is 4.85. The van der Waals surface area contributed by atoms with Gasteiger partial charge in [-0.2, -0.15) is 0 Å². The zero-order chi connectivity index (χ0) is 11.1. The van der Waals surface area contributed by atoms with Crippen molar-refractivity contribution in [2.75, 3.05) is 0 Å². The van der Waals surface area contributed by atoms with E-state index in [2.05, 4.69) is 0 Å². The Kier molecular flexibility index (Phi) is 4.15. The second-order valence-corrected chi connectivity index (χ2v) is 4.79. The standard InChI is InChI=1S/C11H10O3S.Na/c1-8-3-2-4-9-7-10(15(12,13)14)5-6-11(8)9;/h2-7H,1H3,(H,12,13,14);/q;+1/p-1. The first kappa shape index (κ1) is 13.7. The number of hydrogen-bond acceptors (Lipinski definition) is 3. The quantitative estimate of drug-likeness (QED) is 0.480. The molecule has 0 unspecified atom stereocenters. The van der Waals surface area contributed by atoms with Crippen LogP contribution in [-0.4, -0.2) is 13.0 Å². The topological polar surface area (TPSA) is 57.2 Å². The fraction of sp³-hybridized carbons (Fsp3) is 0.0909. The van der Waals surface area contributed by atoms with Crippen LogP contribution in [0.3, 0.4) is 0 Å². The van der Waals surface area contributed by atoms with E-state index in [0.717, 1.165) is 16.3 Å². The van der Waals surface area contributed by atoms with Crippen LogP contribution in [0.4, 0.5) is 0 Å². The summed E-state index contributed by atoms with van der Waals surface area (Å²) in [6.07, 6.45) is 0. The third kappa shape index (κ3) is 2.64.